The van der Waals surface area contributed by atoms with Crippen LogP contribution in [0.25, 0.3) is 0 Å². The Morgan fingerprint density at radius 3 is 2.68 bits per heavy atom. The van der Waals surface area contributed by atoms with Crippen molar-refractivity contribution < 1.29 is 13.6 Å². The molecule has 0 aliphatic heterocycles. The molecule has 6 heteroatoms. The minimum Gasteiger partial charge on any atom is -0.318 e. The zero-order chi connectivity index (χ0) is 14.0. The van der Waals surface area contributed by atoms with Crippen LogP contribution in [0.15, 0.2) is 34.9 Å². The Labute approximate surface area is 116 Å². The Kier molecular flexibility index (Phi) is 3.90. The summed E-state index contributed by atoms with van der Waals surface area (Å²) in [5.74, 6) is -1.88. The molecule has 1 aromatic carbocycles. The average molecular weight is 327 g/mol. The number of pyridine rings is 1. The van der Waals surface area contributed by atoms with Crippen molar-refractivity contribution in [1.82, 2.24) is 4.98 Å². The number of benzene rings is 1. The molecule has 0 atom stereocenters. The maximum Gasteiger partial charge on any atom is 0.274 e. The summed E-state index contributed by atoms with van der Waals surface area (Å²) in [4.78, 5) is 15.8. The zero-order valence-corrected chi connectivity index (χ0v) is 11.5. The van der Waals surface area contributed by atoms with Gasteiger partial charge in [0, 0.05) is 6.07 Å². The Morgan fingerprint density at radius 1 is 1.26 bits per heavy atom. The molecule has 1 amide bonds. The molecule has 0 spiro atoms. The Morgan fingerprint density at radius 2 is 2.00 bits per heavy atom. The number of carbonyl (C=O) groups is 1. The predicted octanol–water partition coefficient (Wildman–Crippen LogP) is 3.68. The van der Waals surface area contributed by atoms with Crippen molar-refractivity contribution in [2.75, 3.05) is 5.32 Å². The fourth-order valence-electron chi connectivity index (χ4n) is 1.46. The van der Waals surface area contributed by atoms with Crippen LogP contribution in [-0.4, -0.2) is 10.9 Å². The molecule has 0 radical (unpaired) electrons. The van der Waals surface area contributed by atoms with Crippen molar-refractivity contribution in [3.05, 3.63) is 57.8 Å². The number of halogens is 3. The summed E-state index contributed by atoms with van der Waals surface area (Å²) in [5.41, 5.74) is 0.0701. The molecular weight excluding hydrogens is 318 g/mol. The number of aryl methyl sites for hydroxylation is 1. The third-order valence-electron chi connectivity index (χ3n) is 2.44. The summed E-state index contributed by atoms with van der Waals surface area (Å²) in [5, 5.41) is 2.28. The van der Waals surface area contributed by atoms with Gasteiger partial charge in [0.25, 0.3) is 5.91 Å². The van der Waals surface area contributed by atoms with Gasteiger partial charge < -0.3 is 5.32 Å². The summed E-state index contributed by atoms with van der Waals surface area (Å²) in [6.07, 6.45) is 0. The van der Waals surface area contributed by atoms with Crippen molar-refractivity contribution in [2.24, 2.45) is 0 Å². The third-order valence-corrected chi connectivity index (χ3v) is 2.89. The lowest BCUT2D eigenvalue weighted by molar-refractivity contribution is 0.102. The first-order valence-electron chi connectivity index (χ1n) is 5.37. The van der Waals surface area contributed by atoms with Crippen molar-refractivity contribution in [2.45, 2.75) is 6.92 Å². The van der Waals surface area contributed by atoms with Crippen LogP contribution in [0, 0.1) is 18.6 Å². The van der Waals surface area contributed by atoms with Gasteiger partial charge in [-0.05, 0) is 46.6 Å². The first-order valence-corrected chi connectivity index (χ1v) is 6.16. The van der Waals surface area contributed by atoms with Gasteiger partial charge in [-0.3, -0.25) is 4.79 Å². The average Bonchev–Trinajstić information content (AvgIpc) is 2.36. The molecule has 2 aromatic rings. The van der Waals surface area contributed by atoms with E-state index in [1.54, 1.807) is 12.1 Å². The van der Waals surface area contributed by atoms with Crippen molar-refractivity contribution in [3.63, 3.8) is 0 Å². The van der Waals surface area contributed by atoms with E-state index in [0.29, 0.717) is 4.60 Å². The van der Waals surface area contributed by atoms with Gasteiger partial charge in [-0.1, -0.05) is 6.07 Å². The highest BCUT2D eigenvalue weighted by Gasteiger charge is 2.13. The Bertz CT molecular complexity index is 647. The van der Waals surface area contributed by atoms with Gasteiger partial charge in [0.15, 0.2) is 0 Å². The Hall–Kier alpha value is -1.82. The standard InChI is InChI=1S/C13H9BrF2N2O/c1-7-5-9(16)11(6-8(7)15)18-13(19)10-3-2-4-12(14)17-10/h2-6H,1H3,(H,18,19). The van der Waals surface area contributed by atoms with E-state index < -0.39 is 17.5 Å². The summed E-state index contributed by atoms with van der Waals surface area (Å²) in [6.45, 7) is 1.44. The van der Waals surface area contributed by atoms with Crippen LogP contribution < -0.4 is 5.32 Å². The van der Waals surface area contributed by atoms with E-state index in [2.05, 4.69) is 26.2 Å². The van der Waals surface area contributed by atoms with Crippen LogP contribution in [0.1, 0.15) is 16.1 Å². The lowest BCUT2D eigenvalue weighted by Gasteiger charge is -2.07. The van der Waals surface area contributed by atoms with Gasteiger partial charge in [-0.15, -0.1) is 0 Å². The molecule has 0 fully saturated rings. The number of hydrogen-bond acceptors (Lipinski definition) is 2. The summed E-state index contributed by atoms with van der Waals surface area (Å²) in [7, 11) is 0. The van der Waals surface area contributed by atoms with Gasteiger partial charge in [0.05, 0.1) is 5.69 Å². The fourth-order valence-corrected chi connectivity index (χ4v) is 1.81. The Balaban J connectivity index is 2.27. The number of aromatic nitrogens is 1. The van der Waals surface area contributed by atoms with Gasteiger partial charge in [0.1, 0.15) is 21.9 Å². The smallest absolute Gasteiger partial charge is 0.274 e. The molecule has 0 saturated heterocycles. The number of carbonyl (C=O) groups excluding carboxylic acids is 1. The SMILES string of the molecule is Cc1cc(F)c(NC(=O)c2cccc(Br)n2)cc1F. The van der Waals surface area contributed by atoms with Gasteiger partial charge in [-0.2, -0.15) is 0 Å². The lowest BCUT2D eigenvalue weighted by Crippen LogP contribution is -2.15. The molecule has 0 bridgehead atoms. The van der Waals surface area contributed by atoms with Crippen LogP contribution in [0.3, 0.4) is 0 Å². The van der Waals surface area contributed by atoms with E-state index in [9.17, 15) is 13.6 Å². The maximum absolute atomic E-state index is 13.6. The number of nitrogens with one attached hydrogen (secondary N) is 1. The number of amides is 1. The van der Waals surface area contributed by atoms with Crippen molar-refractivity contribution >= 4 is 27.5 Å². The number of hydrogen-bond donors (Lipinski definition) is 1. The fraction of sp³-hybridized carbons (Fsp3) is 0.0769. The van der Waals surface area contributed by atoms with E-state index in [-0.39, 0.29) is 16.9 Å². The molecule has 1 heterocycles. The van der Waals surface area contributed by atoms with E-state index >= 15 is 0 Å². The third kappa shape index (κ3) is 3.14. The highest BCUT2D eigenvalue weighted by atomic mass is 79.9. The normalized spacial score (nSPS) is 10.3. The first-order chi connectivity index (χ1) is 8.97. The van der Waals surface area contributed by atoms with Crippen LogP contribution in [0.5, 0.6) is 0 Å². The molecule has 0 aliphatic carbocycles. The number of rotatable bonds is 2. The first kappa shape index (κ1) is 13.6. The molecular formula is C13H9BrF2N2O. The van der Waals surface area contributed by atoms with Gasteiger partial charge >= 0.3 is 0 Å². The van der Waals surface area contributed by atoms with E-state index in [1.807, 2.05) is 0 Å². The maximum atomic E-state index is 13.6. The molecule has 3 nitrogen and oxygen atoms in total. The second kappa shape index (κ2) is 5.44. The molecule has 2 rings (SSSR count). The predicted molar refractivity (Wildman–Crippen MR) is 71.0 cm³/mol. The van der Waals surface area contributed by atoms with Crippen molar-refractivity contribution in [1.29, 1.82) is 0 Å². The molecule has 19 heavy (non-hydrogen) atoms. The highest BCUT2D eigenvalue weighted by Crippen LogP contribution is 2.19. The minimum absolute atomic E-state index is 0.106. The van der Waals surface area contributed by atoms with Gasteiger partial charge in [0.2, 0.25) is 0 Å². The molecule has 0 saturated carbocycles. The molecule has 1 N–H and O–H groups in total. The zero-order valence-electron chi connectivity index (χ0n) is 9.88. The molecule has 98 valence electrons. The topological polar surface area (TPSA) is 42.0 Å². The monoisotopic (exact) mass is 326 g/mol. The molecule has 0 aliphatic rings. The van der Waals surface area contributed by atoms with E-state index in [4.69, 9.17) is 0 Å². The summed E-state index contributed by atoms with van der Waals surface area (Å²) in [6, 6.07) is 6.73. The molecule has 1 aromatic heterocycles. The van der Waals surface area contributed by atoms with Crippen LogP contribution in [-0.2, 0) is 0 Å². The second-order valence-corrected chi connectivity index (χ2v) is 4.69. The van der Waals surface area contributed by atoms with Crippen LogP contribution in [0.2, 0.25) is 0 Å². The minimum atomic E-state index is -0.692. The molecule has 0 unspecified atom stereocenters. The highest BCUT2D eigenvalue weighted by molar-refractivity contribution is 9.10. The van der Waals surface area contributed by atoms with E-state index in [1.165, 1.54) is 13.0 Å². The second-order valence-electron chi connectivity index (χ2n) is 3.88. The lowest BCUT2D eigenvalue weighted by atomic mass is 10.2. The number of nitrogens with zero attached hydrogens (tertiary/aromatic N) is 1. The summed E-state index contributed by atoms with van der Waals surface area (Å²) < 4.78 is 27.4. The summed E-state index contributed by atoms with van der Waals surface area (Å²) >= 11 is 3.13. The van der Waals surface area contributed by atoms with Crippen molar-refractivity contribution in [3.8, 4) is 0 Å². The van der Waals surface area contributed by atoms with Crippen LogP contribution >= 0.6 is 15.9 Å². The largest absolute Gasteiger partial charge is 0.318 e. The van der Waals surface area contributed by atoms with Gasteiger partial charge in [-0.25, -0.2) is 13.8 Å². The van der Waals surface area contributed by atoms with Crippen LogP contribution in [0.4, 0.5) is 14.5 Å². The quantitative estimate of drug-likeness (QED) is 0.855. The number of anilines is 1. The van der Waals surface area contributed by atoms with E-state index in [0.717, 1.165) is 12.1 Å².